The van der Waals surface area contributed by atoms with Gasteiger partial charge in [-0.05, 0) is 27.7 Å². The lowest BCUT2D eigenvalue weighted by Crippen LogP contribution is -2.41. The summed E-state index contributed by atoms with van der Waals surface area (Å²) in [5.41, 5.74) is 0.502. The molecule has 0 saturated carbocycles. The van der Waals surface area contributed by atoms with Gasteiger partial charge >= 0.3 is 0 Å². The highest BCUT2D eigenvalue weighted by molar-refractivity contribution is 7.90. The smallest absolute Gasteiger partial charge is 0.136 e. The van der Waals surface area contributed by atoms with Gasteiger partial charge in [0, 0.05) is 17.1 Å². The lowest BCUT2D eigenvalue weighted by atomic mass is 10.3. The van der Waals surface area contributed by atoms with Gasteiger partial charge in [0.05, 0.1) is 6.54 Å². The quantitative estimate of drug-likeness (QED) is 0.499. The van der Waals surface area contributed by atoms with E-state index in [9.17, 15) is 4.55 Å². The minimum Gasteiger partial charge on any atom is -0.598 e. The zero-order chi connectivity index (χ0) is 9.07. The highest BCUT2D eigenvalue weighted by Crippen LogP contribution is 2.12. The maximum absolute atomic E-state index is 11.3. The molecule has 0 radical (unpaired) electrons. The van der Waals surface area contributed by atoms with Crippen molar-refractivity contribution in [1.82, 2.24) is 4.72 Å². The molecular formula is C7H16N2OS. The highest BCUT2D eigenvalue weighted by atomic mass is 32.2. The summed E-state index contributed by atoms with van der Waals surface area (Å²) in [6.45, 7) is 7.79. The molecule has 3 nitrogen and oxygen atoms in total. The molecule has 0 rings (SSSR count). The molecule has 0 aromatic heterocycles. The molecule has 0 aromatic carbocycles. The van der Waals surface area contributed by atoms with Crippen LogP contribution in [0.3, 0.4) is 0 Å². The van der Waals surface area contributed by atoms with Gasteiger partial charge in [-0.25, -0.2) is 0 Å². The zero-order valence-corrected chi connectivity index (χ0v) is 8.34. The first-order chi connectivity index (χ1) is 4.84. The highest BCUT2D eigenvalue weighted by Gasteiger charge is 2.25. The zero-order valence-electron chi connectivity index (χ0n) is 7.52. The van der Waals surface area contributed by atoms with Crippen LogP contribution in [0, 0.1) is 5.41 Å². The van der Waals surface area contributed by atoms with Crippen molar-refractivity contribution in [2.45, 2.75) is 32.4 Å². The maximum Gasteiger partial charge on any atom is 0.136 e. The number of hydrogen-bond donors (Lipinski definition) is 2. The molecule has 66 valence electrons. The fourth-order valence-electron chi connectivity index (χ4n) is 0.390. The molecule has 0 aliphatic heterocycles. The maximum atomic E-state index is 11.3. The summed E-state index contributed by atoms with van der Waals surface area (Å²) in [5.74, 6) is 0. The molecule has 0 aliphatic rings. The molecular weight excluding hydrogens is 160 g/mol. The van der Waals surface area contributed by atoms with Crippen molar-refractivity contribution in [3.63, 3.8) is 0 Å². The number of rotatable bonds is 3. The summed E-state index contributed by atoms with van der Waals surface area (Å²) >= 11 is -1.05. The molecule has 4 heteroatoms. The third-order valence-corrected chi connectivity index (χ3v) is 2.54. The Morgan fingerprint density at radius 3 is 2.27 bits per heavy atom. The molecule has 0 bridgehead atoms. The van der Waals surface area contributed by atoms with Gasteiger partial charge < -0.3 is 9.96 Å². The SMILES string of the molecule is CC(=N)CN[S@@+]([O-])C(C)(C)C. The second-order valence-electron chi connectivity index (χ2n) is 3.48. The summed E-state index contributed by atoms with van der Waals surface area (Å²) in [5, 5.41) is 7.10. The van der Waals surface area contributed by atoms with Crippen molar-refractivity contribution < 1.29 is 4.55 Å². The third kappa shape index (κ3) is 5.24. The Bertz CT molecular complexity index is 142. The van der Waals surface area contributed by atoms with Crippen molar-refractivity contribution in [3.05, 3.63) is 0 Å². The summed E-state index contributed by atoms with van der Waals surface area (Å²) < 4.78 is 13.8. The van der Waals surface area contributed by atoms with Crippen LogP contribution in [0.15, 0.2) is 0 Å². The van der Waals surface area contributed by atoms with Crippen LogP contribution in [0.5, 0.6) is 0 Å². The van der Waals surface area contributed by atoms with E-state index in [1.54, 1.807) is 6.92 Å². The Balaban J connectivity index is 3.70. The Morgan fingerprint density at radius 2 is 2.00 bits per heavy atom. The van der Waals surface area contributed by atoms with E-state index in [1.165, 1.54) is 0 Å². The van der Waals surface area contributed by atoms with E-state index in [1.807, 2.05) is 20.8 Å². The van der Waals surface area contributed by atoms with Crippen LogP contribution in [-0.4, -0.2) is 21.6 Å². The van der Waals surface area contributed by atoms with E-state index in [2.05, 4.69) is 4.72 Å². The molecule has 11 heavy (non-hydrogen) atoms. The second-order valence-corrected chi connectivity index (χ2v) is 5.53. The molecule has 0 aromatic rings. The number of nitrogens with one attached hydrogen (secondary N) is 2. The molecule has 2 N–H and O–H groups in total. The van der Waals surface area contributed by atoms with E-state index in [0.29, 0.717) is 12.3 Å². The molecule has 0 saturated heterocycles. The molecule has 0 aliphatic carbocycles. The van der Waals surface area contributed by atoms with Gasteiger partial charge in [0.2, 0.25) is 0 Å². The molecule has 0 unspecified atom stereocenters. The predicted octanol–water partition coefficient (Wildman–Crippen LogP) is 1.08. The first-order valence-electron chi connectivity index (χ1n) is 3.53. The first kappa shape index (κ1) is 10.9. The largest absolute Gasteiger partial charge is 0.598 e. The van der Waals surface area contributed by atoms with Gasteiger partial charge in [-0.15, -0.1) is 4.72 Å². The summed E-state index contributed by atoms with van der Waals surface area (Å²) in [7, 11) is 0. The summed E-state index contributed by atoms with van der Waals surface area (Å²) in [4.78, 5) is 0. The molecule has 0 heterocycles. The van der Waals surface area contributed by atoms with Gasteiger partial charge in [0.1, 0.15) is 4.75 Å². The van der Waals surface area contributed by atoms with E-state index in [0.717, 1.165) is 0 Å². The Morgan fingerprint density at radius 1 is 1.55 bits per heavy atom. The average molecular weight is 176 g/mol. The van der Waals surface area contributed by atoms with Crippen molar-refractivity contribution in [1.29, 1.82) is 5.41 Å². The van der Waals surface area contributed by atoms with Crippen LogP contribution in [0.25, 0.3) is 0 Å². The summed E-state index contributed by atoms with van der Waals surface area (Å²) in [6, 6.07) is 0. The number of hydrogen-bond acceptors (Lipinski definition) is 3. The van der Waals surface area contributed by atoms with Gasteiger partial charge in [0.25, 0.3) is 0 Å². The van der Waals surface area contributed by atoms with Crippen LogP contribution in [0.4, 0.5) is 0 Å². The van der Waals surface area contributed by atoms with E-state index >= 15 is 0 Å². The van der Waals surface area contributed by atoms with Crippen LogP contribution >= 0.6 is 0 Å². The average Bonchev–Trinajstić information content (AvgIpc) is 1.80. The molecule has 0 fully saturated rings. The second kappa shape index (κ2) is 4.09. The minimum absolute atomic E-state index is 0.241. The Hall–Kier alpha value is -0.0600. The van der Waals surface area contributed by atoms with E-state index in [4.69, 9.17) is 5.41 Å². The van der Waals surface area contributed by atoms with Crippen molar-refractivity contribution in [2.24, 2.45) is 0 Å². The van der Waals surface area contributed by atoms with Gasteiger partial charge in [-0.3, -0.25) is 0 Å². The fourth-order valence-corrected chi connectivity index (χ4v) is 1.17. The molecule has 0 amide bonds. The van der Waals surface area contributed by atoms with Crippen molar-refractivity contribution in [2.75, 3.05) is 6.54 Å². The lowest BCUT2D eigenvalue weighted by molar-refractivity contribution is 0.549. The van der Waals surface area contributed by atoms with Crippen LogP contribution in [0.2, 0.25) is 0 Å². The summed E-state index contributed by atoms with van der Waals surface area (Å²) in [6.07, 6.45) is 0. The van der Waals surface area contributed by atoms with Gasteiger partial charge in [0.15, 0.2) is 0 Å². The first-order valence-corrected chi connectivity index (χ1v) is 4.68. The van der Waals surface area contributed by atoms with Crippen LogP contribution < -0.4 is 4.72 Å². The minimum atomic E-state index is -1.05. The van der Waals surface area contributed by atoms with Crippen LogP contribution in [0.1, 0.15) is 27.7 Å². The monoisotopic (exact) mass is 176 g/mol. The lowest BCUT2D eigenvalue weighted by Gasteiger charge is -2.23. The topological polar surface area (TPSA) is 58.9 Å². The Labute approximate surface area is 71.4 Å². The Kier molecular flexibility index (Phi) is 4.07. The molecule has 0 spiro atoms. The predicted molar refractivity (Wildman–Crippen MR) is 49.3 cm³/mol. The van der Waals surface area contributed by atoms with Crippen LogP contribution in [-0.2, 0) is 11.4 Å². The van der Waals surface area contributed by atoms with E-state index < -0.39 is 11.4 Å². The molecule has 1 atom stereocenters. The van der Waals surface area contributed by atoms with Crippen molar-refractivity contribution >= 4 is 17.1 Å². The van der Waals surface area contributed by atoms with Gasteiger partial charge in [-0.1, -0.05) is 0 Å². The van der Waals surface area contributed by atoms with Crippen molar-refractivity contribution in [3.8, 4) is 0 Å². The third-order valence-electron chi connectivity index (χ3n) is 1.02. The van der Waals surface area contributed by atoms with Gasteiger partial charge in [-0.2, -0.15) is 0 Å². The normalized spacial score (nSPS) is 14.6. The standard InChI is InChI=1S/C7H16N2OS/c1-6(8)5-9-11(10)7(2,3)4/h8-9H,5H2,1-4H3/t11-/m0/s1. The van der Waals surface area contributed by atoms with E-state index in [-0.39, 0.29) is 4.75 Å². The fraction of sp³-hybridized carbons (Fsp3) is 0.857.